The molecule has 0 radical (unpaired) electrons. The molecule has 4 rings (SSSR count). The van der Waals surface area contributed by atoms with Gasteiger partial charge in [0.25, 0.3) is 5.91 Å². The van der Waals surface area contributed by atoms with Crippen LogP contribution >= 0.6 is 23.2 Å². The van der Waals surface area contributed by atoms with Crippen molar-refractivity contribution in [3.05, 3.63) is 106 Å². The van der Waals surface area contributed by atoms with Crippen molar-refractivity contribution in [1.29, 1.82) is 0 Å². The predicted molar refractivity (Wildman–Crippen MR) is 127 cm³/mol. The number of amides is 1. The van der Waals surface area contributed by atoms with Crippen LogP contribution in [-0.4, -0.2) is 16.4 Å². The summed E-state index contributed by atoms with van der Waals surface area (Å²) < 4.78 is 1.53. The number of aromatic nitrogens is 1. The van der Waals surface area contributed by atoms with Crippen LogP contribution < -0.4 is 5.32 Å². The van der Waals surface area contributed by atoms with E-state index in [0.29, 0.717) is 21.2 Å². The standard InChI is InChI=1S/C25H18Cl2N2O2/c1-16-15-29(25(31)24-20(26)8-5-9-21(24)27)22-12-11-18(14-19(16)22)28-23(30)13-10-17-6-3-2-4-7-17/h2-15H,1H3,(H,28,30). The van der Waals surface area contributed by atoms with Gasteiger partial charge in [0, 0.05) is 23.3 Å². The Balaban J connectivity index is 1.61. The second-order valence-electron chi connectivity index (χ2n) is 7.05. The maximum Gasteiger partial charge on any atom is 0.265 e. The van der Waals surface area contributed by atoms with Crippen LogP contribution in [0.5, 0.6) is 0 Å². The molecule has 3 aromatic carbocycles. The van der Waals surface area contributed by atoms with Crippen LogP contribution in [0.2, 0.25) is 10.0 Å². The van der Waals surface area contributed by atoms with E-state index < -0.39 is 0 Å². The van der Waals surface area contributed by atoms with E-state index in [2.05, 4.69) is 5.32 Å². The van der Waals surface area contributed by atoms with Gasteiger partial charge in [0.05, 0.1) is 21.1 Å². The third-order valence-corrected chi connectivity index (χ3v) is 5.52. The molecule has 154 valence electrons. The topological polar surface area (TPSA) is 51.1 Å². The molecule has 31 heavy (non-hydrogen) atoms. The Morgan fingerprint density at radius 2 is 1.65 bits per heavy atom. The Morgan fingerprint density at radius 1 is 0.935 bits per heavy atom. The summed E-state index contributed by atoms with van der Waals surface area (Å²) in [6.07, 6.45) is 4.98. The van der Waals surface area contributed by atoms with Gasteiger partial charge in [-0.2, -0.15) is 0 Å². The lowest BCUT2D eigenvalue weighted by Crippen LogP contribution is -2.12. The predicted octanol–water partition coefficient (Wildman–Crippen LogP) is 6.60. The van der Waals surface area contributed by atoms with E-state index in [1.807, 2.05) is 43.3 Å². The van der Waals surface area contributed by atoms with E-state index in [-0.39, 0.29) is 17.4 Å². The molecule has 0 atom stereocenters. The lowest BCUT2D eigenvalue weighted by atomic mass is 10.1. The molecule has 0 aliphatic rings. The average Bonchev–Trinajstić information content (AvgIpc) is 3.09. The molecule has 6 heteroatoms. The molecule has 1 heterocycles. The van der Waals surface area contributed by atoms with Crippen LogP contribution in [0.1, 0.15) is 21.5 Å². The third-order valence-electron chi connectivity index (χ3n) is 4.89. The number of carbonyl (C=O) groups excluding carboxylic acids is 2. The molecule has 0 fully saturated rings. The fourth-order valence-electron chi connectivity index (χ4n) is 3.38. The number of anilines is 1. The van der Waals surface area contributed by atoms with Crippen molar-refractivity contribution in [2.45, 2.75) is 6.92 Å². The molecule has 4 nitrogen and oxygen atoms in total. The molecule has 0 saturated heterocycles. The lowest BCUT2D eigenvalue weighted by molar-refractivity contribution is -0.111. The van der Waals surface area contributed by atoms with Gasteiger partial charge in [0.1, 0.15) is 0 Å². The number of rotatable bonds is 4. The van der Waals surface area contributed by atoms with Crippen molar-refractivity contribution in [2.24, 2.45) is 0 Å². The van der Waals surface area contributed by atoms with E-state index >= 15 is 0 Å². The minimum absolute atomic E-state index is 0.237. The van der Waals surface area contributed by atoms with Gasteiger partial charge in [-0.25, -0.2) is 0 Å². The normalized spacial score (nSPS) is 11.2. The Labute approximate surface area is 189 Å². The lowest BCUT2D eigenvalue weighted by Gasteiger charge is -2.09. The van der Waals surface area contributed by atoms with Crippen LogP contribution in [0.15, 0.2) is 79.0 Å². The highest BCUT2D eigenvalue weighted by Gasteiger charge is 2.19. The van der Waals surface area contributed by atoms with Crippen LogP contribution in [0.25, 0.3) is 17.0 Å². The summed E-state index contributed by atoms with van der Waals surface area (Å²) in [6.45, 7) is 1.90. The summed E-state index contributed by atoms with van der Waals surface area (Å²) in [6, 6.07) is 20.0. The highest BCUT2D eigenvalue weighted by Crippen LogP contribution is 2.29. The second-order valence-corrected chi connectivity index (χ2v) is 7.86. The van der Waals surface area contributed by atoms with Gasteiger partial charge in [-0.1, -0.05) is 59.6 Å². The largest absolute Gasteiger partial charge is 0.322 e. The summed E-state index contributed by atoms with van der Waals surface area (Å²) >= 11 is 12.4. The smallest absolute Gasteiger partial charge is 0.265 e. The number of benzene rings is 3. The Hall–Kier alpha value is -3.34. The van der Waals surface area contributed by atoms with Crippen molar-refractivity contribution in [3.8, 4) is 0 Å². The second kappa shape index (κ2) is 8.80. The molecular weight excluding hydrogens is 431 g/mol. The molecule has 0 spiro atoms. The fourth-order valence-corrected chi connectivity index (χ4v) is 3.94. The molecule has 0 unspecified atom stereocenters. The Bertz CT molecular complexity index is 1300. The highest BCUT2D eigenvalue weighted by molar-refractivity contribution is 6.40. The number of aryl methyl sites for hydroxylation is 1. The Kier molecular flexibility index (Phi) is 5.94. The zero-order valence-electron chi connectivity index (χ0n) is 16.6. The molecule has 1 N–H and O–H groups in total. The SMILES string of the molecule is Cc1cn(C(=O)c2c(Cl)cccc2Cl)c2ccc(NC(=O)C=Cc3ccccc3)cc12. The monoisotopic (exact) mass is 448 g/mol. The zero-order chi connectivity index (χ0) is 22.0. The maximum atomic E-state index is 13.1. The van der Waals surface area contributed by atoms with E-state index in [4.69, 9.17) is 23.2 Å². The van der Waals surface area contributed by atoms with Crippen molar-refractivity contribution < 1.29 is 9.59 Å². The van der Waals surface area contributed by atoms with Gasteiger partial charge in [0.2, 0.25) is 5.91 Å². The maximum absolute atomic E-state index is 13.1. The van der Waals surface area contributed by atoms with Gasteiger partial charge in [-0.3, -0.25) is 14.2 Å². The molecular formula is C25H18Cl2N2O2. The number of carbonyl (C=O) groups is 2. The number of fused-ring (bicyclic) bond motifs is 1. The summed E-state index contributed by atoms with van der Waals surface area (Å²) in [5.41, 5.74) is 3.43. The molecule has 1 aromatic heterocycles. The molecule has 1 amide bonds. The first-order valence-corrected chi connectivity index (χ1v) is 10.3. The van der Waals surface area contributed by atoms with Gasteiger partial charge in [-0.15, -0.1) is 0 Å². The van der Waals surface area contributed by atoms with Gasteiger partial charge >= 0.3 is 0 Å². The first kappa shape index (κ1) is 20.9. The molecule has 4 aromatic rings. The average molecular weight is 449 g/mol. The van der Waals surface area contributed by atoms with Crippen LogP contribution in [0.3, 0.4) is 0 Å². The minimum Gasteiger partial charge on any atom is -0.322 e. The third kappa shape index (κ3) is 4.41. The minimum atomic E-state index is -0.309. The summed E-state index contributed by atoms with van der Waals surface area (Å²) in [5, 5.41) is 4.30. The van der Waals surface area contributed by atoms with Crippen molar-refractivity contribution in [3.63, 3.8) is 0 Å². The zero-order valence-corrected chi connectivity index (χ0v) is 18.1. The van der Waals surface area contributed by atoms with E-state index in [1.54, 1.807) is 42.6 Å². The molecule has 0 aliphatic carbocycles. The van der Waals surface area contributed by atoms with Gasteiger partial charge < -0.3 is 5.32 Å². The molecule has 0 saturated carbocycles. The van der Waals surface area contributed by atoms with Crippen LogP contribution in [0, 0.1) is 6.92 Å². The highest BCUT2D eigenvalue weighted by atomic mass is 35.5. The number of hydrogen-bond acceptors (Lipinski definition) is 2. The van der Waals surface area contributed by atoms with Crippen molar-refractivity contribution in [2.75, 3.05) is 5.32 Å². The van der Waals surface area contributed by atoms with Gasteiger partial charge in [0.15, 0.2) is 0 Å². The Morgan fingerprint density at radius 3 is 2.35 bits per heavy atom. The first-order valence-electron chi connectivity index (χ1n) is 9.58. The van der Waals surface area contributed by atoms with E-state index in [0.717, 1.165) is 16.5 Å². The number of nitrogens with zero attached hydrogens (tertiary/aromatic N) is 1. The number of halogens is 2. The number of nitrogens with one attached hydrogen (secondary N) is 1. The quantitative estimate of drug-likeness (QED) is 0.357. The van der Waals surface area contributed by atoms with Crippen molar-refractivity contribution >= 4 is 57.7 Å². The summed E-state index contributed by atoms with van der Waals surface area (Å²) in [5.74, 6) is -0.546. The fraction of sp³-hybridized carbons (Fsp3) is 0.0400. The summed E-state index contributed by atoms with van der Waals surface area (Å²) in [4.78, 5) is 25.4. The van der Waals surface area contributed by atoms with Crippen LogP contribution in [-0.2, 0) is 4.79 Å². The number of hydrogen-bond donors (Lipinski definition) is 1. The van der Waals surface area contributed by atoms with Crippen molar-refractivity contribution in [1.82, 2.24) is 4.57 Å². The van der Waals surface area contributed by atoms with Crippen LogP contribution in [0.4, 0.5) is 5.69 Å². The molecule has 0 aliphatic heterocycles. The van der Waals surface area contributed by atoms with Gasteiger partial charge in [-0.05, 0) is 54.5 Å². The van der Waals surface area contributed by atoms with E-state index in [9.17, 15) is 9.59 Å². The van der Waals surface area contributed by atoms with E-state index in [1.165, 1.54) is 10.6 Å². The first-order chi connectivity index (χ1) is 14.9. The summed E-state index contributed by atoms with van der Waals surface area (Å²) in [7, 11) is 0. The molecule has 0 bridgehead atoms.